The van der Waals surface area contributed by atoms with Crippen LogP contribution in [0.5, 0.6) is 0 Å². The van der Waals surface area contributed by atoms with Gasteiger partial charge in [-0.05, 0) is 43.2 Å². The van der Waals surface area contributed by atoms with Crippen molar-refractivity contribution in [2.24, 2.45) is 5.92 Å². The number of anilines is 1. The number of furan rings is 1. The lowest BCUT2D eigenvalue weighted by molar-refractivity contribution is -0.142. The summed E-state index contributed by atoms with van der Waals surface area (Å²) in [7, 11) is 0. The Morgan fingerprint density at radius 3 is 2.56 bits per heavy atom. The lowest BCUT2D eigenvalue weighted by atomic mass is 9.94. The second-order valence-electron chi connectivity index (χ2n) is 6.67. The third kappa shape index (κ3) is 4.75. The lowest BCUT2D eigenvalue weighted by Crippen LogP contribution is -2.42. The molecule has 0 saturated heterocycles. The van der Waals surface area contributed by atoms with Crippen LogP contribution in [0, 0.1) is 5.92 Å². The number of rotatable bonds is 5. The smallest absolute Gasteiger partial charge is 0.308 e. The Morgan fingerprint density at radius 1 is 1.00 bits per heavy atom. The van der Waals surface area contributed by atoms with Crippen molar-refractivity contribution in [3.05, 3.63) is 54.0 Å². The fraction of sp³-hybridized carbons (Fsp3) is 0.350. The highest BCUT2D eigenvalue weighted by Gasteiger charge is 2.30. The number of carboxylic acid groups (broad SMARTS) is 1. The van der Waals surface area contributed by atoms with Crippen LogP contribution in [0.25, 0.3) is 0 Å². The highest BCUT2D eigenvalue weighted by molar-refractivity contribution is 6.03. The SMILES string of the molecule is O=C(N[C@H]1CCCCC[C@H]1C(=O)O)c1cccc(NC(=O)c2ccco2)c1. The fourth-order valence-electron chi connectivity index (χ4n) is 3.37. The Bertz CT molecular complexity index is 816. The average molecular weight is 370 g/mol. The van der Waals surface area contributed by atoms with E-state index in [1.165, 1.54) is 6.26 Å². The van der Waals surface area contributed by atoms with Crippen LogP contribution >= 0.6 is 0 Å². The van der Waals surface area contributed by atoms with Crippen molar-refractivity contribution in [3.8, 4) is 0 Å². The Morgan fingerprint density at radius 2 is 1.81 bits per heavy atom. The molecule has 2 amide bonds. The number of carboxylic acids is 1. The van der Waals surface area contributed by atoms with E-state index in [1.54, 1.807) is 36.4 Å². The van der Waals surface area contributed by atoms with Crippen molar-refractivity contribution in [2.75, 3.05) is 5.32 Å². The van der Waals surface area contributed by atoms with Crippen molar-refractivity contribution in [1.82, 2.24) is 5.32 Å². The zero-order valence-electron chi connectivity index (χ0n) is 14.8. The van der Waals surface area contributed by atoms with E-state index in [2.05, 4.69) is 10.6 Å². The minimum absolute atomic E-state index is 0.174. The molecule has 2 aromatic rings. The van der Waals surface area contributed by atoms with E-state index in [0.717, 1.165) is 19.3 Å². The number of benzene rings is 1. The molecule has 0 bridgehead atoms. The van der Waals surface area contributed by atoms with Gasteiger partial charge >= 0.3 is 5.97 Å². The molecule has 142 valence electrons. The van der Waals surface area contributed by atoms with E-state index in [1.807, 2.05) is 0 Å². The molecule has 0 unspecified atom stereocenters. The van der Waals surface area contributed by atoms with Gasteiger partial charge in [-0.1, -0.05) is 25.3 Å². The molecule has 1 heterocycles. The number of amides is 2. The Balaban J connectivity index is 1.69. The maximum absolute atomic E-state index is 12.6. The molecule has 7 nitrogen and oxygen atoms in total. The molecule has 1 aromatic heterocycles. The monoisotopic (exact) mass is 370 g/mol. The van der Waals surface area contributed by atoms with E-state index in [0.29, 0.717) is 24.1 Å². The van der Waals surface area contributed by atoms with E-state index in [-0.39, 0.29) is 17.7 Å². The zero-order valence-corrected chi connectivity index (χ0v) is 14.8. The average Bonchev–Trinajstić information content (AvgIpc) is 3.09. The topological polar surface area (TPSA) is 109 Å². The summed E-state index contributed by atoms with van der Waals surface area (Å²) in [5.41, 5.74) is 0.820. The van der Waals surface area contributed by atoms with Crippen LogP contribution in [0.15, 0.2) is 47.1 Å². The molecular formula is C20H22N2O5. The Labute approximate surface area is 156 Å². The molecule has 3 N–H and O–H groups in total. The van der Waals surface area contributed by atoms with Crippen LogP contribution in [0.4, 0.5) is 5.69 Å². The molecular weight excluding hydrogens is 348 g/mol. The maximum atomic E-state index is 12.6. The second kappa shape index (κ2) is 8.53. The first-order valence-corrected chi connectivity index (χ1v) is 9.03. The van der Waals surface area contributed by atoms with Gasteiger partial charge in [0.1, 0.15) is 0 Å². The molecule has 1 aromatic carbocycles. The first kappa shape index (κ1) is 18.7. The van der Waals surface area contributed by atoms with Crippen LogP contribution in [0.2, 0.25) is 0 Å². The van der Waals surface area contributed by atoms with Gasteiger partial charge in [0.15, 0.2) is 5.76 Å². The summed E-state index contributed by atoms with van der Waals surface area (Å²) in [5, 5.41) is 15.0. The van der Waals surface area contributed by atoms with Crippen molar-refractivity contribution < 1.29 is 23.9 Å². The number of carbonyl (C=O) groups is 3. The van der Waals surface area contributed by atoms with Gasteiger partial charge in [-0.15, -0.1) is 0 Å². The molecule has 7 heteroatoms. The highest BCUT2D eigenvalue weighted by atomic mass is 16.4. The highest BCUT2D eigenvalue weighted by Crippen LogP contribution is 2.24. The van der Waals surface area contributed by atoms with Gasteiger partial charge < -0.3 is 20.2 Å². The molecule has 0 radical (unpaired) electrons. The number of hydrogen-bond donors (Lipinski definition) is 3. The molecule has 3 rings (SSSR count). The molecule has 1 saturated carbocycles. The Kier molecular flexibility index (Phi) is 5.90. The standard InChI is InChI=1S/C20H22N2O5/c23-18(22-16-9-3-1-2-8-15(16)20(25)26)13-6-4-7-14(12-13)21-19(24)17-10-5-11-27-17/h4-7,10-12,15-16H,1-3,8-9H2,(H,21,24)(H,22,23)(H,25,26)/t15-,16+/m1/s1. The summed E-state index contributed by atoms with van der Waals surface area (Å²) in [6.45, 7) is 0. The minimum Gasteiger partial charge on any atom is -0.481 e. The van der Waals surface area contributed by atoms with Crippen LogP contribution < -0.4 is 10.6 Å². The summed E-state index contributed by atoms with van der Waals surface area (Å²) in [6.07, 6.45) is 5.36. The predicted octanol–water partition coefficient (Wildman–Crippen LogP) is 3.30. The Hall–Kier alpha value is -3.09. The van der Waals surface area contributed by atoms with Gasteiger partial charge in [0.2, 0.25) is 0 Å². The zero-order chi connectivity index (χ0) is 19.2. The number of hydrogen-bond acceptors (Lipinski definition) is 4. The van der Waals surface area contributed by atoms with Crippen molar-refractivity contribution in [2.45, 2.75) is 38.1 Å². The molecule has 1 fully saturated rings. The third-order valence-electron chi connectivity index (χ3n) is 4.78. The summed E-state index contributed by atoms with van der Waals surface area (Å²) in [4.78, 5) is 36.2. The van der Waals surface area contributed by atoms with Crippen LogP contribution in [-0.2, 0) is 4.79 Å². The molecule has 0 spiro atoms. The van der Waals surface area contributed by atoms with E-state index >= 15 is 0 Å². The molecule has 2 atom stereocenters. The summed E-state index contributed by atoms with van der Waals surface area (Å²) < 4.78 is 5.04. The van der Waals surface area contributed by atoms with E-state index in [4.69, 9.17) is 4.42 Å². The maximum Gasteiger partial charge on any atom is 0.308 e. The summed E-state index contributed by atoms with van der Waals surface area (Å²) in [5.74, 6) is -2.03. The van der Waals surface area contributed by atoms with Gasteiger partial charge in [-0.2, -0.15) is 0 Å². The number of carbonyl (C=O) groups excluding carboxylic acids is 2. The third-order valence-corrected chi connectivity index (χ3v) is 4.78. The van der Waals surface area contributed by atoms with Crippen molar-refractivity contribution >= 4 is 23.5 Å². The normalized spacial score (nSPS) is 19.7. The van der Waals surface area contributed by atoms with Crippen LogP contribution in [-0.4, -0.2) is 28.9 Å². The molecule has 27 heavy (non-hydrogen) atoms. The first-order chi connectivity index (χ1) is 13.0. The number of nitrogens with one attached hydrogen (secondary N) is 2. The van der Waals surface area contributed by atoms with Gasteiger partial charge in [-0.25, -0.2) is 0 Å². The molecule has 1 aliphatic rings. The first-order valence-electron chi connectivity index (χ1n) is 9.03. The lowest BCUT2D eigenvalue weighted by Gasteiger charge is -2.23. The largest absolute Gasteiger partial charge is 0.481 e. The fourth-order valence-corrected chi connectivity index (χ4v) is 3.37. The quantitative estimate of drug-likeness (QED) is 0.700. The van der Waals surface area contributed by atoms with Crippen LogP contribution in [0.1, 0.15) is 53.0 Å². The predicted molar refractivity (Wildman–Crippen MR) is 98.6 cm³/mol. The van der Waals surface area contributed by atoms with Gasteiger partial charge in [0.25, 0.3) is 11.8 Å². The van der Waals surface area contributed by atoms with E-state index < -0.39 is 17.8 Å². The van der Waals surface area contributed by atoms with E-state index in [9.17, 15) is 19.5 Å². The van der Waals surface area contributed by atoms with Crippen molar-refractivity contribution in [1.29, 1.82) is 0 Å². The molecule has 1 aliphatic carbocycles. The number of aliphatic carboxylic acids is 1. The van der Waals surface area contributed by atoms with Gasteiger partial charge in [-0.3, -0.25) is 14.4 Å². The summed E-state index contributed by atoms with van der Waals surface area (Å²) in [6, 6.07) is 9.29. The van der Waals surface area contributed by atoms with Gasteiger partial charge in [0.05, 0.1) is 12.2 Å². The van der Waals surface area contributed by atoms with Crippen molar-refractivity contribution in [3.63, 3.8) is 0 Å². The molecule has 0 aliphatic heterocycles. The van der Waals surface area contributed by atoms with Crippen LogP contribution in [0.3, 0.4) is 0 Å². The second-order valence-corrected chi connectivity index (χ2v) is 6.67. The summed E-state index contributed by atoms with van der Waals surface area (Å²) >= 11 is 0. The minimum atomic E-state index is -0.873. The van der Waals surface area contributed by atoms with Gasteiger partial charge in [0, 0.05) is 17.3 Å².